The number of aromatic nitrogens is 1. The molecule has 0 radical (unpaired) electrons. The summed E-state index contributed by atoms with van der Waals surface area (Å²) in [5.74, 6) is -1.74. The number of aromatic amines is 1. The van der Waals surface area contributed by atoms with Crippen molar-refractivity contribution < 1.29 is 19.4 Å². The molecule has 1 aromatic rings. The molecule has 0 bridgehead atoms. The first-order valence-corrected chi connectivity index (χ1v) is 5.36. The minimum Gasteiger partial charge on any atom is -0.477 e. The maximum atomic E-state index is 11.6. The lowest BCUT2D eigenvalue weighted by atomic mass is 10.1. The zero-order chi connectivity index (χ0) is 13.0. The van der Waals surface area contributed by atoms with Gasteiger partial charge in [0, 0.05) is 11.1 Å². The number of carboxylic acids is 1. The Kier molecular flexibility index (Phi) is 4.34. The predicted octanol–water partition coefficient (Wildman–Crippen LogP) is 2.41. The number of carbonyl (C=O) groups is 2. The van der Waals surface area contributed by atoms with Gasteiger partial charge in [-0.3, -0.25) is 0 Å². The normalized spacial score (nSPS) is 10.8. The van der Waals surface area contributed by atoms with E-state index in [0.717, 1.165) is 0 Å². The predicted molar refractivity (Wildman–Crippen MR) is 63.3 cm³/mol. The lowest BCUT2D eigenvalue weighted by Gasteiger charge is -1.99. The molecule has 17 heavy (non-hydrogen) atoms. The van der Waals surface area contributed by atoms with E-state index in [4.69, 9.17) is 21.4 Å². The van der Waals surface area contributed by atoms with Crippen molar-refractivity contribution in [1.82, 2.24) is 4.98 Å². The Morgan fingerprint density at radius 2 is 2.12 bits per heavy atom. The summed E-state index contributed by atoms with van der Waals surface area (Å²) in [7, 11) is 0. The first-order valence-electron chi connectivity index (χ1n) is 4.92. The molecule has 0 unspecified atom stereocenters. The van der Waals surface area contributed by atoms with Gasteiger partial charge in [0.15, 0.2) is 0 Å². The number of aromatic carboxylic acids is 1. The van der Waals surface area contributed by atoms with Crippen LogP contribution in [-0.4, -0.2) is 28.6 Å². The molecular weight excluding hydrogens is 246 g/mol. The number of nitrogens with one attached hydrogen (secondary N) is 1. The van der Waals surface area contributed by atoms with Crippen molar-refractivity contribution in [3.05, 3.63) is 28.0 Å². The first kappa shape index (κ1) is 13.3. The van der Waals surface area contributed by atoms with Gasteiger partial charge in [-0.05, 0) is 25.5 Å². The third-order valence-corrected chi connectivity index (χ3v) is 2.35. The molecule has 0 saturated carbocycles. The van der Waals surface area contributed by atoms with Gasteiger partial charge >= 0.3 is 11.9 Å². The van der Waals surface area contributed by atoms with Crippen LogP contribution < -0.4 is 0 Å². The molecule has 2 N–H and O–H groups in total. The molecule has 0 aliphatic rings. The van der Waals surface area contributed by atoms with Gasteiger partial charge < -0.3 is 14.8 Å². The molecule has 92 valence electrons. The molecule has 6 heteroatoms. The highest BCUT2D eigenvalue weighted by Gasteiger charge is 2.22. The molecule has 5 nitrogen and oxygen atoms in total. The monoisotopic (exact) mass is 257 g/mol. The summed E-state index contributed by atoms with van der Waals surface area (Å²) in [6, 6.07) is 0. The molecule has 1 aromatic heterocycles. The Bertz CT molecular complexity index is 476. The van der Waals surface area contributed by atoms with Gasteiger partial charge in [-0.1, -0.05) is 11.6 Å². The smallest absolute Gasteiger partial charge is 0.355 e. The molecule has 1 rings (SSSR count). The zero-order valence-corrected chi connectivity index (χ0v) is 10.2. The van der Waals surface area contributed by atoms with E-state index in [9.17, 15) is 9.59 Å². The molecule has 1 heterocycles. The summed E-state index contributed by atoms with van der Waals surface area (Å²) in [5.41, 5.74) is 2.11. The summed E-state index contributed by atoms with van der Waals surface area (Å²) < 4.78 is 4.81. The SMILES string of the molecule is CCOC(=O)c1[nH]c(C(=O)O)c(/C=C/Cl)c1C. The Morgan fingerprint density at radius 3 is 2.59 bits per heavy atom. The van der Waals surface area contributed by atoms with Crippen molar-refractivity contribution in [3.63, 3.8) is 0 Å². The zero-order valence-electron chi connectivity index (χ0n) is 9.41. The van der Waals surface area contributed by atoms with Gasteiger partial charge in [-0.25, -0.2) is 9.59 Å². The fraction of sp³-hybridized carbons (Fsp3) is 0.273. The maximum absolute atomic E-state index is 11.6. The third kappa shape index (κ3) is 2.68. The number of rotatable bonds is 4. The van der Waals surface area contributed by atoms with Crippen molar-refractivity contribution in [2.45, 2.75) is 13.8 Å². The standard InChI is InChI=1S/C11H12ClNO4/c1-3-17-11(16)8-6(2)7(4-5-12)9(13-8)10(14)15/h4-5,13H,3H2,1-2H3,(H,14,15)/b5-4+. The van der Waals surface area contributed by atoms with Crippen LogP contribution in [0.4, 0.5) is 0 Å². The number of ether oxygens (including phenoxy) is 1. The summed E-state index contributed by atoms with van der Waals surface area (Å²) in [6.45, 7) is 3.52. The second-order valence-corrected chi connectivity index (χ2v) is 3.48. The van der Waals surface area contributed by atoms with Crippen molar-refractivity contribution in [3.8, 4) is 0 Å². The van der Waals surface area contributed by atoms with E-state index in [1.165, 1.54) is 11.6 Å². The van der Waals surface area contributed by atoms with E-state index < -0.39 is 11.9 Å². The highest BCUT2D eigenvalue weighted by atomic mass is 35.5. The van der Waals surface area contributed by atoms with Crippen LogP contribution in [0.3, 0.4) is 0 Å². The Labute approximate surface area is 103 Å². The third-order valence-electron chi connectivity index (χ3n) is 2.22. The van der Waals surface area contributed by atoms with E-state index in [-0.39, 0.29) is 18.0 Å². The molecule has 0 amide bonds. The molecular formula is C11H12ClNO4. The Balaban J connectivity index is 3.31. The highest BCUT2D eigenvalue weighted by Crippen LogP contribution is 2.21. The molecule has 0 saturated heterocycles. The molecule has 0 aliphatic carbocycles. The lowest BCUT2D eigenvalue weighted by molar-refractivity contribution is 0.0519. The second kappa shape index (κ2) is 5.54. The van der Waals surface area contributed by atoms with Crippen molar-refractivity contribution in [2.24, 2.45) is 0 Å². The van der Waals surface area contributed by atoms with Crippen molar-refractivity contribution >= 4 is 29.6 Å². The van der Waals surface area contributed by atoms with Crippen LogP contribution in [0.5, 0.6) is 0 Å². The van der Waals surface area contributed by atoms with Crippen LogP contribution in [0.1, 0.15) is 39.0 Å². The number of carbonyl (C=O) groups excluding carboxylic acids is 1. The number of H-pyrrole nitrogens is 1. The topological polar surface area (TPSA) is 79.4 Å². The average molecular weight is 258 g/mol. The van der Waals surface area contributed by atoms with Crippen LogP contribution in [0.15, 0.2) is 5.54 Å². The van der Waals surface area contributed by atoms with Gasteiger partial charge in [-0.2, -0.15) is 0 Å². The summed E-state index contributed by atoms with van der Waals surface area (Å²) in [6.07, 6.45) is 1.42. The summed E-state index contributed by atoms with van der Waals surface area (Å²) >= 11 is 5.43. The number of halogens is 1. The fourth-order valence-electron chi connectivity index (χ4n) is 1.46. The van der Waals surface area contributed by atoms with Gasteiger partial charge in [0.05, 0.1) is 6.61 Å². The van der Waals surface area contributed by atoms with E-state index in [2.05, 4.69) is 4.98 Å². The van der Waals surface area contributed by atoms with Crippen molar-refractivity contribution in [2.75, 3.05) is 6.61 Å². The van der Waals surface area contributed by atoms with Gasteiger partial charge in [0.1, 0.15) is 11.4 Å². The van der Waals surface area contributed by atoms with E-state index >= 15 is 0 Å². The molecule has 0 atom stereocenters. The Morgan fingerprint density at radius 1 is 1.47 bits per heavy atom. The van der Waals surface area contributed by atoms with Crippen LogP contribution in [-0.2, 0) is 4.74 Å². The summed E-state index contributed by atoms with van der Waals surface area (Å²) in [5, 5.41) is 8.98. The van der Waals surface area contributed by atoms with Crippen molar-refractivity contribution in [1.29, 1.82) is 0 Å². The number of hydrogen-bond donors (Lipinski definition) is 2. The van der Waals surface area contributed by atoms with Gasteiger partial charge in [0.2, 0.25) is 0 Å². The van der Waals surface area contributed by atoms with E-state index in [0.29, 0.717) is 11.1 Å². The largest absolute Gasteiger partial charge is 0.477 e. The number of esters is 1. The Hall–Kier alpha value is -1.75. The van der Waals surface area contributed by atoms with Gasteiger partial charge in [0.25, 0.3) is 0 Å². The fourth-order valence-corrected chi connectivity index (χ4v) is 1.58. The molecule has 0 aliphatic heterocycles. The van der Waals surface area contributed by atoms with Crippen LogP contribution in [0.25, 0.3) is 6.08 Å². The number of hydrogen-bond acceptors (Lipinski definition) is 3. The lowest BCUT2D eigenvalue weighted by Crippen LogP contribution is -2.07. The van der Waals surface area contributed by atoms with E-state index in [1.54, 1.807) is 13.8 Å². The quantitative estimate of drug-likeness (QED) is 0.812. The number of carboxylic acid groups (broad SMARTS) is 1. The van der Waals surface area contributed by atoms with Crippen LogP contribution in [0, 0.1) is 6.92 Å². The molecule has 0 fully saturated rings. The van der Waals surface area contributed by atoms with E-state index in [1.807, 2.05) is 0 Å². The maximum Gasteiger partial charge on any atom is 0.355 e. The highest BCUT2D eigenvalue weighted by molar-refractivity contribution is 6.27. The van der Waals surface area contributed by atoms with Crippen LogP contribution in [0.2, 0.25) is 0 Å². The minimum absolute atomic E-state index is 0.0811. The average Bonchev–Trinajstić information content (AvgIpc) is 2.58. The van der Waals surface area contributed by atoms with Gasteiger partial charge in [-0.15, -0.1) is 0 Å². The minimum atomic E-state index is -1.16. The second-order valence-electron chi connectivity index (χ2n) is 3.23. The summed E-state index contributed by atoms with van der Waals surface area (Å²) in [4.78, 5) is 25.1. The molecule has 0 spiro atoms. The van der Waals surface area contributed by atoms with Crippen LogP contribution >= 0.6 is 11.6 Å². The first-order chi connectivity index (χ1) is 8.02. The molecule has 0 aromatic carbocycles.